The molecule has 3 rings (SSSR count). The molecule has 1 aliphatic heterocycles. The highest BCUT2D eigenvalue weighted by molar-refractivity contribution is 6.06. The van der Waals surface area contributed by atoms with Gasteiger partial charge in [0, 0.05) is 23.4 Å². The quantitative estimate of drug-likeness (QED) is 0.798. The van der Waals surface area contributed by atoms with E-state index in [1.54, 1.807) is 12.1 Å². The molecule has 3 nitrogen and oxygen atoms in total. The van der Waals surface area contributed by atoms with E-state index in [0.29, 0.717) is 18.7 Å². The predicted molar refractivity (Wildman–Crippen MR) is 99.2 cm³/mol. The van der Waals surface area contributed by atoms with Crippen LogP contribution in [0.25, 0.3) is 11.1 Å². The number of benzene rings is 2. The molecule has 0 aliphatic carbocycles. The van der Waals surface area contributed by atoms with E-state index in [2.05, 4.69) is 10.3 Å². The number of nitrogens with zero attached hydrogens (tertiary/aromatic N) is 1. The van der Waals surface area contributed by atoms with Crippen LogP contribution in [0.5, 0.6) is 0 Å². The van der Waals surface area contributed by atoms with Gasteiger partial charge in [-0.2, -0.15) is 0 Å². The van der Waals surface area contributed by atoms with E-state index in [1.807, 2.05) is 43.3 Å². The summed E-state index contributed by atoms with van der Waals surface area (Å²) in [5, 5.41) is 2.93. The molecule has 25 heavy (non-hydrogen) atoms. The molecule has 0 aromatic heterocycles. The zero-order valence-electron chi connectivity index (χ0n) is 14.3. The number of amides is 1. The first-order valence-corrected chi connectivity index (χ1v) is 8.47. The van der Waals surface area contributed by atoms with Gasteiger partial charge in [0.1, 0.15) is 5.82 Å². The highest BCUT2D eigenvalue weighted by atomic mass is 19.1. The Morgan fingerprint density at radius 2 is 1.92 bits per heavy atom. The van der Waals surface area contributed by atoms with E-state index in [1.165, 1.54) is 11.6 Å². The fourth-order valence-corrected chi connectivity index (χ4v) is 2.84. The molecule has 1 heterocycles. The van der Waals surface area contributed by atoms with Crippen molar-refractivity contribution in [1.29, 1.82) is 0 Å². The monoisotopic (exact) mass is 336 g/mol. The van der Waals surface area contributed by atoms with Crippen LogP contribution in [-0.2, 0) is 11.2 Å². The van der Waals surface area contributed by atoms with E-state index in [9.17, 15) is 9.18 Å². The Bertz CT molecular complexity index is 822. The van der Waals surface area contributed by atoms with E-state index in [0.717, 1.165) is 29.7 Å². The van der Waals surface area contributed by atoms with Gasteiger partial charge in [0.15, 0.2) is 0 Å². The predicted octanol–water partition coefficient (Wildman–Crippen LogP) is 3.94. The van der Waals surface area contributed by atoms with Crippen molar-refractivity contribution in [2.24, 2.45) is 4.99 Å². The molecule has 0 saturated carbocycles. The molecule has 0 fully saturated rings. The lowest BCUT2D eigenvalue weighted by molar-refractivity contribution is -0.117. The second-order valence-corrected chi connectivity index (χ2v) is 6.16. The summed E-state index contributed by atoms with van der Waals surface area (Å²) >= 11 is 0. The zero-order valence-corrected chi connectivity index (χ0v) is 14.3. The third-order valence-corrected chi connectivity index (χ3v) is 4.24. The third-order valence-electron chi connectivity index (χ3n) is 4.24. The van der Waals surface area contributed by atoms with Gasteiger partial charge in [0.25, 0.3) is 0 Å². The van der Waals surface area contributed by atoms with E-state index in [4.69, 9.17) is 0 Å². The minimum atomic E-state index is -0.210. The molecule has 2 aromatic rings. The molecular formula is C21H21FN2O. The molecular weight excluding hydrogens is 315 g/mol. The summed E-state index contributed by atoms with van der Waals surface area (Å²) < 4.78 is 13.8. The van der Waals surface area contributed by atoms with Gasteiger partial charge in [-0.25, -0.2) is 4.39 Å². The van der Waals surface area contributed by atoms with Crippen molar-refractivity contribution in [3.05, 3.63) is 71.6 Å². The van der Waals surface area contributed by atoms with Gasteiger partial charge in [-0.1, -0.05) is 42.5 Å². The summed E-state index contributed by atoms with van der Waals surface area (Å²) in [7, 11) is 0. The highest BCUT2D eigenvalue weighted by Crippen LogP contribution is 2.23. The van der Waals surface area contributed by atoms with Crippen molar-refractivity contribution in [2.75, 3.05) is 13.1 Å². The third kappa shape index (κ3) is 4.41. The molecule has 4 heteroatoms. The summed E-state index contributed by atoms with van der Waals surface area (Å²) in [5.41, 5.74) is 4.29. The maximum absolute atomic E-state index is 13.8. The van der Waals surface area contributed by atoms with Crippen molar-refractivity contribution in [3.63, 3.8) is 0 Å². The number of carbonyl (C=O) groups is 1. The zero-order chi connectivity index (χ0) is 17.6. The Balaban J connectivity index is 1.47. The summed E-state index contributed by atoms with van der Waals surface area (Å²) in [6, 6.07) is 14.7. The van der Waals surface area contributed by atoms with Crippen LogP contribution in [-0.4, -0.2) is 24.7 Å². The van der Waals surface area contributed by atoms with Crippen LogP contribution in [0, 0.1) is 5.82 Å². The first-order chi connectivity index (χ1) is 12.1. The highest BCUT2D eigenvalue weighted by Gasteiger charge is 2.12. The number of halogens is 1. The van der Waals surface area contributed by atoms with Crippen molar-refractivity contribution in [3.8, 4) is 11.1 Å². The molecule has 1 N–H and O–H groups in total. The lowest BCUT2D eigenvalue weighted by Gasteiger charge is -2.07. The van der Waals surface area contributed by atoms with Crippen LogP contribution in [0.4, 0.5) is 4.39 Å². The Morgan fingerprint density at radius 1 is 1.16 bits per heavy atom. The van der Waals surface area contributed by atoms with Crippen LogP contribution >= 0.6 is 0 Å². The normalized spacial score (nSPS) is 13.4. The summed E-state index contributed by atoms with van der Waals surface area (Å²) in [6.07, 6.45) is 3.56. The van der Waals surface area contributed by atoms with Crippen LogP contribution in [0.2, 0.25) is 0 Å². The number of aryl methyl sites for hydroxylation is 1. The average molecular weight is 336 g/mol. The minimum Gasteiger partial charge on any atom is -0.352 e. The van der Waals surface area contributed by atoms with Gasteiger partial charge in [-0.05, 0) is 43.0 Å². The molecule has 0 spiro atoms. The number of hydrogen-bond acceptors (Lipinski definition) is 2. The maximum atomic E-state index is 13.8. The molecule has 0 atom stereocenters. The van der Waals surface area contributed by atoms with Gasteiger partial charge in [-0.15, -0.1) is 0 Å². The number of hydrogen-bond donors (Lipinski definition) is 1. The number of carbonyl (C=O) groups excluding carboxylic acids is 1. The van der Waals surface area contributed by atoms with Crippen molar-refractivity contribution >= 4 is 11.6 Å². The molecule has 128 valence electrons. The van der Waals surface area contributed by atoms with E-state index >= 15 is 0 Å². The van der Waals surface area contributed by atoms with Crippen LogP contribution in [0.15, 0.2) is 65.2 Å². The van der Waals surface area contributed by atoms with Gasteiger partial charge in [-0.3, -0.25) is 9.79 Å². The Morgan fingerprint density at radius 3 is 2.60 bits per heavy atom. The minimum absolute atomic E-state index is 0.0319. The molecule has 0 unspecified atom stereocenters. The van der Waals surface area contributed by atoms with Gasteiger partial charge in [0.05, 0.1) is 6.54 Å². The van der Waals surface area contributed by atoms with Crippen LogP contribution in [0.1, 0.15) is 18.9 Å². The molecule has 1 amide bonds. The van der Waals surface area contributed by atoms with E-state index in [-0.39, 0.29) is 11.7 Å². The molecule has 0 bridgehead atoms. The lowest BCUT2D eigenvalue weighted by atomic mass is 10.0. The topological polar surface area (TPSA) is 41.5 Å². The SMILES string of the molecule is CC1=NCC(C(=O)NCCCc2ccc(-c3ccccc3F)cc2)=C1. The fraction of sp³-hybridized carbons (Fsp3) is 0.238. The first-order valence-electron chi connectivity index (χ1n) is 8.47. The number of nitrogens with one attached hydrogen (secondary N) is 1. The van der Waals surface area contributed by atoms with Crippen LogP contribution in [0.3, 0.4) is 0 Å². The van der Waals surface area contributed by atoms with Gasteiger partial charge < -0.3 is 5.32 Å². The van der Waals surface area contributed by atoms with Gasteiger partial charge >= 0.3 is 0 Å². The first kappa shape index (κ1) is 17.1. The smallest absolute Gasteiger partial charge is 0.249 e. The Labute approximate surface area is 147 Å². The molecule has 2 aromatic carbocycles. The number of aliphatic imine (C=N–C) groups is 1. The summed E-state index contributed by atoms with van der Waals surface area (Å²) in [4.78, 5) is 16.1. The second-order valence-electron chi connectivity index (χ2n) is 6.16. The Hall–Kier alpha value is -2.75. The number of rotatable bonds is 6. The number of allylic oxidation sites excluding steroid dienone is 1. The summed E-state index contributed by atoms with van der Waals surface area (Å²) in [6.45, 7) is 3.00. The van der Waals surface area contributed by atoms with Crippen LogP contribution < -0.4 is 5.32 Å². The summed E-state index contributed by atoms with van der Waals surface area (Å²) in [5.74, 6) is -0.242. The molecule has 0 saturated heterocycles. The fourth-order valence-electron chi connectivity index (χ4n) is 2.84. The second kappa shape index (κ2) is 7.88. The van der Waals surface area contributed by atoms with E-state index < -0.39 is 0 Å². The van der Waals surface area contributed by atoms with Gasteiger partial charge in [0.2, 0.25) is 5.91 Å². The molecule has 0 radical (unpaired) electrons. The van der Waals surface area contributed by atoms with Crippen molar-refractivity contribution in [2.45, 2.75) is 19.8 Å². The molecule has 1 aliphatic rings. The maximum Gasteiger partial charge on any atom is 0.249 e. The van der Waals surface area contributed by atoms with Crippen molar-refractivity contribution in [1.82, 2.24) is 5.32 Å². The average Bonchev–Trinajstić information content (AvgIpc) is 3.06. The standard InChI is InChI=1S/C21H21FN2O/c1-15-13-18(14-24-15)21(25)23-12-4-5-16-8-10-17(11-9-16)19-6-2-3-7-20(19)22/h2-3,6-11,13H,4-5,12,14H2,1H3,(H,23,25). The Kier molecular flexibility index (Phi) is 5.39. The lowest BCUT2D eigenvalue weighted by Crippen LogP contribution is -2.26. The largest absolute Gasteiger partial charge is 0.352 e. The van der Waals surface area contributed by atoms with Crippen molar-refractivity contribution < 1.29 is 9.18 Å².